The molecule has 1 aliphatic heterocycles. The van der Waals surface area contributed by atoms with Gasteiger partial charge in [-0.1, -0.05) is 36.4 Å². The summed E-state index contributed by atoms with van der Waals surface area (Å²) in [7, 11) is 0. The van der Waals surface area contributed by atoms with Gasteiger partial charge < -0.3 is 15.0 Å². The maximum absolute atomic E-state index is 5.93. The second-order valence-corrected chi connectivity index (χ2v) is 8.41. The van der Waals surface area contributed by atoms with Crippen LogP contribution in [0.3, 0.4) is 0 Å². The first-order chi connectivity index (χ1) is 12.8. The van der Waals surface area contributed by atoms with Gasteiger partial charge in [-0.25, -0.2) is 0 Å². The molecule has 0 bridgehead atoms. The van der Waals surface area contributed by atoms with Crippen LogP contribution in [0.5, 0.6) is 5.75 Å². The van der Waals surface area contributed by atoms with E-state index in [0.29, 0.717) is 6.61 Å². The Morgan fingerprint density at radius 1 is 1.04 bits per heavy atom. The number of rotatable bonds is 8. The van der Waals surface area contributed by atoms with Gasteiger partial charge in [0, 0.05) is 19.1 Å². The van der Waals surface area contributed by atoms with E-state index in [9.17, 15) is 0 Å². The van der Waals surface area contributed by atoms with E-state index < -0.39 is 0 Å². The average molecular weight is 415 g/mol. The number of nitrogens with one attached hydrogen (secondary N) is 1. The van der Waals surface area contributed by atoms with E-state index in [0.717, 1.165) is 35.3 Å². The lowest BCUT2D eigenvalue weighted by atomic mass is 10.1. The van der Waals surface area contributed by atoms with Gasteiger partial charge in [-0.3, -0.25) is 0 Å². The molecular weight excluding hydrogens is 388 g/mol. The fourth-order valence-corrected chi connectivity index (χ4v) is 4.27. The van der Waals surface area contributed by atoms with Gasteiger partial charge in [0.15, 0.2) is 0 Å². The molecule has 0 amide bonds. The van der Waals surface area contributed by atoms with Crippen LogP contribution in [0.4, 0.5) is 0 Å². The number of hydrogen-bond donors (Lipinski definition) is 1. The Labute approximate surface area is 164 Å². The topological polar surface area (TPSA) is 24.5 Å². The van der Waals surface area contributed by atoms with Gasteiger partial charge >= 0.3 is 0 Å². The van der Waals surface area contributed by atoms with Crippen molar-refractivity contribution in [3.8, 4) is 5.75 Å². The molecule has 2 aromatic carbocycles. The Hall–Kier alpha value is -1.36. The van der Waals surface area contributed by atoms with Gasteiger partial charge in [0.05, 0.1) is 4.47 Å². The third kappa shape index (κ3) is 4.87. The van der Waals surface area contributed by atoms with Crippen LogP contribution in [-0.4, -0.2) is 30.6 Å². The highest BCUT2D eigenvalue weighted by atomic mass is 79.9. The van der Waals surface area contributed by atoms with Crippen LogP contribution in [0, 0.1) is 5.92 Å². The predicted octanol–water partition coefficient (Wildman–Crippen LogP) is 4.60. The largest absolute Gasteiger partial charge is 0.488 e. The van der Waals surface area contributed by atoms with Crippen molar-refractivity contribution >= 4 is 15.9 Å². The molecule has 2 aliphatic rings. The molecule has 1 atom stereocenters. The summed E-state index contributed by atoms with van der Waals surface area (Å²) in [6.45, 7) is 5.21. The monoisotopic (exact) mass is 414 g/mol. The fraction of sp³-hybridized carbons (Fsp3) is 0.455. The summed E-state index contributed by atoms with van der Waals surface area (Å²) in [5.74, 6) is 1.71. The molecule has 0 radical (unpaired) electrons. The molecule has 1 saturated carbocycles. The average Bonchev–Trinajstić information content (AvgIpc) is 3.41. The molecule has 0 aromatic heterocycles. The van der Waals surface area contributed by atoms with E-state index in [-0.39, 0.29) is 0 Å². The minimum atomic E-state index is 0.593. The highest BCUT2D eigenvalue weighted by Gasteiger charge is 2.33. The van der Waals surface area contributed by atoms with Gasteiger partial charge in [-0.05, 0) is 77.5 Å². The number of halogens is 1. The first-order valence-electron chi connectivity index (χ1n) is 9.68. The smallest absolute Gasteiger partial charge is 0.134 e. The van der Waals surface area contributed by atoms with Crippen LogP contribution in [0.1, 0.15) is 30.4 Å². The SMILES string of the molecule is Brc1cc(CNCC2CCN(C3CC3)C2)ccc1OCc1ccccc1. The number of nitrogens with zero attached hydrogens (tertiary/aromatic N) is 1. The molecule has 138 valence electrons. The van der Waals surface area contributed by atoms with E-state index in [4.69, 9.17) is 4.74 Å². The van der Waals surface area contributed by atoms with Crippen LogP contribution < -0.4 is 10.1 Å². The lowest BCUT2D eigenvalue weighted by molar-refractivity contribution is 0.304. The quantitative estimate of drug-likeness (QED) is 0.682. The maximum atomic E-state index is 5.93. The van der Waals surface area contributed by atoms with Gasteiger partial charge in [-0.2, -0.15) is 0 Å². The molecule has 1 N–H and O–H groups in total. The Morgan fingerprint density at radius 2 is 1.88 bits per heavy atom. The standard InChI is InChI=1S/C22H27BrN2O/c23-21-12-18(6-9-22(21)26-16-17-4-2-1-3-5-17)13-24-14-19-10-11-25(15-19)20-7-8-20/h1-6,9,12,19-20,24H,7-8,10-11,13-16H2. The summed E-state index contributed by atoms with van der Waals surface area (Å²) in [6, 6.07) is 17.6. The summed E-state index contributed by atoms with van der Waals surface area (Å²) in [6.07, 6.45) is 4.19. The second kappa shape index (κ2) is 8.55. The Kier molecular flexibility index (Phi) is 5.93. The molecule has 1 saturated heterocycles. The number of hydrogen-bond acceptors (Lipinski definition) is 3. The highest BCUT2D eigenvalue weighted by Crippen LogP contribution is 2.31. The van der Waals surface area contributed by atoms with Crippen LogP contribution in [0.15, 0.2) is 53.0 Å². The first kappa shape index (κ1) is 18.0. The molecule has 4 heteroatoms. The van der Waals surface area contributed by atoms with Crippen molar-refractivity contribution in [3.63, 3.8) is 0 Å². The minimum Gasteiger partial charge on any atom is -0.488 e. The van der Waals surface area contributed by atoms with Crippen LogP contribution in [-0.2, 0) is 13.2 Å². The molecule has 2 fully saturated rings. The van der Waals surface area contributed by atoms with E-state index in [1.807, 2.05) is 18.2 Å². The summed E-state index contributed by atoms with van der Waals surface area (Å²) in [5, 5.41) is 3.64. The zero-order chi connectivity index (χ0) is 17.8. The van der Waals surface area contributed by atoms with Crippen molar-refractivity contribution in [3.05, 3.63) is 64.1 Å². The molecule has 26 heavy (non-hydrogen) atoms. The van der Waals surface area contributed by atoms with Gasteiger partial charge in [-0.15, -0.1) is 0 Å². The van der Waals surface area contributed by atoms with E-state index in [1.165, 1.54) is 43.5 Å². The maximum Gasteiger partial charge on any atom is 0.134 e. The molecule has 4 rings (SSSR count). The van der Waals surface area contributed by atoms with Crippen LogP contribution in [0.2, 0.25) is 0 Å². The predicted molar refractivity (Wildman–Crippen MR) is 109 cm³/mol. The van der Waals surface area contributed by atoms with Crippen LogP contribution in [0.25, 0.3) is 0 Å². The zero-order valence-electron chi connectivity index (χ0n) is 15.2. The van der Waals surface area contributed by atoms with Gasteiger partial charge in [0.25, 0.3) is 0 Å². The van der Waals surface area contributed by atoms with Crippen molar-refractivity contribution in [2.45, 2.75) is 38.5 Å². The summed E-state index contributed by atoms with van der Waals surface area (Å²) in [4.78, 5) is 2.68. The molecule has 1 heterocycles. The molecule has 0 spiro atoms. The van der Waals surface area contributed by atoms with Crippen molar-refractivity contribution in [1.29, 1.82) is 0 Å². The van der Waals surface area contributed by atoms with E-state index in [2.05, 4.69) is 56.5 Å². The number of benzene rings is 2. The summed E-state index contributed by atoms with van der Waals surface area (Å²) >= 11 is 3.65. The van der Waals surface area contributed by atoms with Gasteiger partial charge in [0.1, 0.15) is 12.4 Å². The van der Waals surface area contributed by atoms with Gasteiger partial charge in [0.2, 0.25) is 0 Å². The normalized spacial score (nSPS) is 20.4. The minimum absolute atomic E-state index is 0.593. The molecule has 1 unspecified atom stereocenters. The summed E-state index contributed by atoms with van der Waals surface area (Å²) in [5.41, 5.74) is 2.47. The van der Waals surface area contributed by atoms with Crippen LogP contribution >= 0.6 is 15.9 Å². The fourth-order valence-electron chi connectivity index (χ4n) is 3.73. The van der Waals surface area contributed by atoms with E-state index in [1.54, 1.807) is 0 Å². The molecule has 1 aliphatic carbocycles. The highest BCUT2D eigenvalue weighted by molar-refractivity contribution is 9.10. The van der Waals surface area contributed by atoms with Crippen molar-refractivity contribution in [2.24, 2.45) is 5.92 Å². The Balaban J connectivity index is 1.22. The number of ether oxygens (including phenoxy) is 1. The third-order valence-electron chi connectivity index (χ3n) is 5.38. The molecular formula is C22H27BrN2O. The number of likely N-dealkylation sites (tertiary alicyclic amines) is 1. The lowest BCUT2D eigenvalue weighted by Gasteiger charge is -2.15. The molecule has 2 aromatic rings. The van der Waals surface area contributed by atoms with Crippen molar-refractivity contribution in [2.75, 3.05) is 19.6 Å². The zero-order valence-corrected chi connectivity index (χ0v) is 16.7. The molecule has 3 nitrogen and oxygen atoms in total. The second-order valence-electron chi connectivity index (χ2n) is 7.55. The first-order valence-corrected chi connectivity index (χ1v) is 10.5. The Morgan fingerprint density at radius 3 is 2.65 bits per heavy atom. The van der Waals surface area contributed by atoms with Crippen molar-refractivity contribution in [1.82, 2.24) is 10.2 Å². The summed E-state index contributed by atoms with van der Waals surface area (Å²) < 4.78 is 6.95. The Bertz CT molecular complexity index is 717. The lowest BCUT2D eigenvalue weighted by Crippen LogP contribution is -2.27. The van der Waals surface area contributed by atoms with Crippen molar-refractivity contribution < 1.29 is 4.74 Å². The van der Waals surface area contributed by atoms with E-state index >= 15 is 0 Å². The third-order valence-corrected chi connectivity index (χ3v) is 6.00.